The van der Waals surface area contributed by atoms with Crippen LogP contribution in [0.15, 0.2) is 58.1 Å². The maximum Gasteiger partial charge on any atom is 0.289 e. The third kappa shape index (κ3) is 7.51. The first-order chi connectivity index (χ1) is 15.1. The fourth-order valence-corrected chi connectivity index (χ4v) is 3.71. The fraction of sp³-hybridized carbons (Fsp3) is 0.500. The molecule has 1 fully saturated rings. The number of aliphatic imine (C=N–C) groups is 1. The molecule has 0 aliphatic carbocycles. The first-order valence-electron chi connectivity index (χ1n) is 11.2. The number of halogens is 1. The standard InChI is InChI=1S/C24H35N5O2.HI/c1-4-25-24(26-13-12-20(2)27(3)19-21-9-6-5-7-10-21)29-16-14-28(15-17-29)23(30)22-11-8-18-31-22;/h5-11,18,20H,4,12-17,19H2,1-3H3,(H,25,26);1H. The van der Waals surface area contributed by atoms with Crippen LogP contribution in [-0.4, -0.2) is 78.9 Å². The smallest absolute Gasteiger partial charge is 0.289 e. The van der Waals surface area contributed by atoms with E-state index < -0.39 is 0 Å². The average Bonchev–Trinajstić information content (AvgIpc) is 3.34. The molecule has 1 aromatic heterocycles. The molecule has 7 nitrogen and oxygen atoms in total. The Labute approximate surface area is 208 Å². The van der Waals surface area contributed by atoms with Gasteiger partial charge in [-0.25, -0.2) is 0 Å². The number of furan rings is 1. The summed E-state index contributed by atoms with van der Waals surface area (Å²) in [6.07, 6.45) is 2.53. The number of piperazine rings is 1. The minimum Gasteiger partial charge on any atom is -0.459 e. The van der Waals surface area contributed by atoms with Crippen LogP contribution in [0.1, 0.15) is 36.4 Å². The lowest BCUT2D eigenvalue weighted by molar-refractivity contribution is 0.0657. The predicted molar refractivity (Wildman–Crippen MR) is 140 cm³/mol. The molecule has 0 radical (unpaired) electrons. The van der Waals surface area contributed by atoms with Crippen LogP contribution in [0.4, 0.5) is 0 Å². The Balaban J connectivity index is 0.00000363. The van der Waals surface area contributed by atoms with Crippen LogP contribution in [0.5, 0.6) is 0 Å². The van der Waals surface area contributed by atoms with E-state index in [0.29, 0.717) is 24.9 Å². The lowest BCUT2D eigenvalue weighted by atomic mass is 10.1. The van der Waals surface area contributed by atoms with Crippen molar-refractivity contribution in [1.29, 1.82) is 0 Å². The topological polar surface area (TPSA) is 64.3 Å². The molecule has 0 bridgehead atoms. The van der Waals surface area contributed by atoms with Crippen molar-refractivity contribution < 1.29 is 9.21 Å². The Morgan fingerprint density at radius 3 is 2.44 bits per heavy atom. The van der Waals surface area contributed by atoms with E-state index in [1.54, 1.807) is 12.1 Å². The lowest BCUT2D eigenvalue weighted by Crippen LogP contribution is -2.53. The highest BCUT2D eigenvalue weighted by Gasteiger charge is 2.25. The van der Waals surface area contributed by atoms with Crippen LogP contribution in [0.25, 0.3) is 0 Å². The van der Waals surface area contributed by atoms with Gasteiger partial charge in [0.2, 0.25) is 0 Å². The SMILES string of the molecule is CCNC(=NCCC(C)N(C)Cc1ccccc1)N1CCN(C(=O)c2ccco2)CC1.I. The summed E-state index contributed by atoms with van der Waals surface area (Å²) in [5, 5.41) is 3.41. The maximum absolute atomic E-state index is 12.5. The molecule has 1 N–H and O–H groups in total. The molecule has 2 aromatic rings. The third-order valence-corrected chi connectivity index (χ3v) is 5.77. The number of nitrogens with one attached hydrogen (secondary N) is 1. The van der Waals surface area contributed by atoms with Gasteiger partial charge in [-0.15, -0.1) is 24.0 Å². The number of carbonyl (C=O) groups is 1. The number of hydrogen-bond acceptors (Lipinski definition) is 4. The van der Waals surface area contributed by atoms with Crippen molar-refractivity contribution in [1.82, 2.24) is 20.0 Å². The second kappa shape index (κ2) is 13.5. The van der Waals surface area contributed by atoms with Gasteiger partial charge < -0.3 is 19.5 Å². The van der Waals surface area contributed by atoms with E-state index in [1.165, 1.54) is 11.8 Å². The molecule has 1 saturated heterocycles. The fourth-order valence-electron chi connectivity index (χ4n) is 3.71. The largest absolute Gasteiger partial charge is 0.459 e. The van der Waals surface area contributed by atoms with Crippen LogP contribution in [-0.2, 0) is 6.54 Å². The molecule has 176 valence electrons. The van der Waals surface area contributed by atoms with Gasteiger partial charge in [0.25, 0.3) is 5.91 Å². The number of hydrogen-bond donors (Lipinski definition) is 1. The Morgan fingerprint density at radius 1 is 1.12 bits per heavy atom. The molecule has 1 unspecified atom stereocenters. The molecule has 1 atom stereocenters. The number of guanidine groups is 1. The number of nitrogens with zero attached hydrogens (tertiary/aromatic N) is 4. The van der Waals surface area contributed by atoms with Gasteiger partial charge in [0.15, 0.2) is 11.7 Å². The Hall–Kier alpha value is -2.07. The van der Waals surface area contributed by atoms with Gasteiger partial charge in [0.1, 0.15) is 0 Å². The second-order valence-electron chi connectivity index (χ2n) is 8.03. The molecule has 2 heterocycles. The molecule has 1 aliphatic rings. The van der Waals surface area contributed by atoms with Crippen LogP contribution in [0, 0.1) is 0 Å². The molecule has 1 amide bonds. The summed E-state index contributed by atoms with van der Waals surface area (Å²) in [7, 11) is 2.17. The Bertz CT molecular complexity index is 820. The number of benzene rings is 1. The molecular weight excluding hydrogens is 517 g/mol. The molecule has 1 aromatic carbocycles. The van der Waals surface area contributed by atoms with Crippen molar-refractivity contribution in [3.63, 3.8) is 0 Å². The monoisotopic (exact) mass is 553 g/mol. The summed E-state index contributed by atoms with van der Waals surface area (Å²) in [4.78, 5) is 23.8. The van der Waals surface area contributed by atoms with Gasteiger partial charge in [-0.3, -0.25) is 14.7 Å². The van der Waals surface area contributed by atoms with Crippen molar-refractivity contribution in [2.75, 3.05) is 46.3 Å². The summed E-state index contributed by atoms with van der Waals surface area (Å²) in [5.74, 6) is 1.30. The van der Waals surface area contributed by atoms with Crippen LogP contribution >= 0.6 is 24.0 Å². The summed E-state index contributed by atoms with van der Waals surface area (Å²) in [6.45, 7) is 9.75. The van der Waals surface area contributed by atoms with Gasteiger partial charge in [0.05, 0.1) is 6.26 Å². The van der Waals surface area contributed by atoms with Crippen molar-refractivity contribution in [3.05, 3.63) is 60.1 Å². The first kappa shape index (κ1) is 26.2. The van der Waals surface area contributed by atoms with Gasteiger partial charge >= 0.3 is 0 Å². The predicted octanol–water partition coefficient (Wildman–Crippen LogP) is 3.53. The van der Waals surface area contributed by atoms with Crippen molar-refractivity contribution >= 4 is 35.8 Å². The van der Waals surface area contributed by atoms with Crippen LogP contribution in [0.3, 0.4) is 0 Å². The third-order valence-electron chi connectivity index (χ3n) is 5.77. The van der Waals surface area contributed by atoms with Gasteiger partial charge in [-0.1, -0.05) is 30.3 Å². The zero-order chi connectivity index (χ0) is 22.1. The number of rotatable bonds is 8. The normalized spacial score (nSPS) is 15.4. The van der Waals surface area contributed by atoms with Crippen LogP contribution in [0.2, 0.25) is 0 Å². The molecule has 1 aliphatic heterocycles. The first-order valence-corrected chi connectivity index (χ1v) is 11.2. The van der Waals surface area contributed by atoms with E-state index in [0.717, 1.165) is 45.1 Å². The molecule has 0 spiro atoms. The number of carbonyl (C=O) groups excluding carboxylic acids is 1. The van der Waals surface area contributed by atoms with E-state index in [9.17, 15) is 4.79 Å². The van der Waals surface area contributed by atoms with Crippen LogP contribution < -0.4 is 5.32 Å². The summed E-state index contributed by atoms with van der Waals surface area (Å²) in [6, 6.07) is 14.5. The zero-order valence-electron chi connectivity index (χ0n) is 19.4. The Kier molecular flexibility index (Phi) is 11.0. The minimum atomic E-state index is -0.0399. The quantitative estimate of drug-likeness (QED) is 0.308. The van der Waals surface area contributed by atoms with Crippen molar-refractivity contribution in [3.8, 4) is 0 Å². The van der Waals surface area contributed by atoms with E-state index in [2.05, 4.69) is 66.3 Å². The maximum atomic E-state index is 12.5. The Morgan fingerprint density at radius 2 is 1.81 bits per heavy atom. The summed E-state index contributed by atoms with van der Waals surface area (Å²) < 4.78 is 5.25. The molecule has 3 rings (SSSR count). The van der Waals surface area contributed by atoms with Crippen molar-refractivity contribution in [2.24, 2.45) is 4.99 Å². The molecular formula is C24H36IN5O2. The van der Waals surface area contributed by atoms with Gasteiger partial charge in [0, 0.05) is 51.9 Å². The second-order valence-corrected chi connectivity index (χ2v) is 8.03. The summed E-state index contributed by atoms with van der Waals surface area (Å²) in [5.41, 5.74) is 1.33. The molecule has 0 saturated carbocycles. The zero-order valence-corrected chi connectivity index (χ0v) is 21.7. The highest BCUT2D eigenvalue weighted by molar-refractivity contribution is 14.0. The minimum absolute atomic E-state index is 0. The van der Waals surface area contributed by atoms with E-state index in [-0.39, 0.29) is 29.9 Å². The van der Waals surface area contributed by atoms with Crippen molar-refractivity contribution in [2.45, 2.75) is 32.9 Å². The van der Waals surface area contributed by atoms with Gasteiger partial charge in [-0.2, -0.15) is 0 Å². The summed E-state index contributed by atoms with van der Waals surface area (Å²) >= 11 is 0. The highest BCUT2D eigenvalue weighted by Crippen LogP contribution is 2.11. The van der Waals surface area contributed by atoms with Gasteiger partial charge in [-0.05, 0) is 45.0 Å². The van der Waals surface area contributed by atoms with E-state index >= 15 is 0 Å². The number of amides is 1. The van der Waals surface area contributed by atoms with E-state index in [4.69, 9.17) is 9.41 Å². The lowest BCUT2D eigenvalue weighted by Gasteiger charge is -2.36. The molecule has 32 heavy (non-hydrogen) atoms. The van der Waals surface area contributed by atoms with E-state index in [1.807, 2.05) is 4.90 Å². The average molecular weight is 553 g/mol. The molecule has 8 heteroatoms. The highest BCUT2D eigenvalue weighted by atomic mass is 127.